The summed E-state index contributed by atoms with van der Waals surface area (Å²) < 4.78 is 36.1. The smallest absolute Gasteiger partial charge is 0.261 e. The molecule has 0 unspecified atom stereocenters. The maximum atomic E-state index is 12.7. The fourth-order valence-corrected chi connectivity index (χ4v) is 3.23. The second-order valence-corrected chi connectivity index (χ2v) is 9.46. The zero-order chi connectivity index (χ0) is 32.0. The molecular weight excluding hydrogens is 552 g/mol. The van der Waals surface area contributed by atoms with Crippen molar-refractivity contribution < 1.29 is 32.0 Å². The van der Waals surface area contributed by atoms with Crippen LogP contribution in [0.5, 0.6) is 5.75 Å². The van der Waals surface area contributed by atoms with Gasteiger partial charge in [0.1, 0.15) is 5.75 Å². The van der Waals surface area contributed by atoms with Crippen molar-refractivity contribution in [3.05, 3.63) is 137 Å². The van der Waals surface area contributed by atoms with Gasteiger partial charge in [-0.2, -0.15) is 8.42 Å². The van der Waals surface area contributed by atoms with Crippen LogP contribution >= 0.6 is 0 Å². The molecule has 8 heteroatoms. The third-order valence-electron chi connectivity index (χ3n) is 4.89. The zero-order valence-corrected chi connectivity index (χ0v) is 26.2. The van der Waals surface area contributed by atoms with Gasteiger partial charge in [-0.3, -0.25) is 14.1 Å². The van der Waals surface area contributed by atoms with Gasteiger partial charge in [-0.15, -0.1) is 0 Å². The molecule has 0 aliphatic rings. The van der Waals surface area contributed by atoms with Crippen molar-refractivity contribution in [3.63, 3.8) is 0 Å². The molecule has 0 fully saturated rings. The third-order valence-corrected chi connectivity index (χ3v) is 4.89. The molecule has 0 saturated carbocycles. The normalized spacial score (nSPS) is 9.52. The second kappa shape index (κ2) is 21.6. The van der Waals surface area contributed by atoms with E-state index >= 15 is 0 Å². The van der Waals surface area contributed by atoms with Crippen molar-refractivity contribution in [2.24, 2.45) is 0 Å². The van der Waals surface area contributed by atoms with Crippen molar-refractivity contribution in [1.82, 2.24) is 0 Å². The highest BCUT2D eigenvalue weighted by molar-refractivity contribution is 7.85. The van der Waals surface area contributed by atoms with Crippen LogP contribution in [0.3, 0.4) is 0 Å². The van der Waals surface area contributed by atoms with E-state index in [0.717, 1.165) is 0 Å². The quantitative estimate of drug-likeness (QED) is 0.174. The molecule has 0 radical (unpaired) electrons. The minimum absolute atomic E-state index is 0.142. The molecule has 4 aromatic rings. The van der Waals surface area contributed by atoms with E-state index in [1.165, 1.54) is 12.7 Å². The Kier molecular flexibility index (Phi) is 19.5. The summed E-state index contributed by atoms with van der Waals surface area (Å²) in [7, 11) is -0.449. The lowest BCUT2D eigenvalue weighted by atomic mass is 9.97. The van der Waals surface area contributed by atoms with E-state index in [4.69, 9.17) is 14.0 Å². The minimum atomic E-state index is -3.67. The molecule has 0 aliphatic heterocycles. The van der Waals surface area contributed by atoms with Crippen LogP contribution in [-0.2, 0) is 21.5 Å². The number of rotatable bonds is 7. The van der Waals surface area contributed by atoms with Crippen LogP contribution in [0.4, 0.5) is 0 Å². The predicted molar refractivity (Wildman–Crippen MR) is 170 cm³/mol. The molecule has 4 aromatic carbocycles. The Morgan fingerprint density at radius 1 is 0.619 bits per heavy atom. The number of carbonyl (C=O) groups excluding carboxylic acids is 2. The van der Waals surface area contributed by atoms with E-state index in [1.807, 2.05) is 94.4 Å². The highest BCUT2D eigenvalue weighted by Crippen LogP contribution is 2.22. The van der Waals surface area contributed by atoms with E-state index in [-0.39, 0.29) is 11.6 Å². The fourth-order valence-electron chi connectivity index (χ4n) is 3.23. The van der Waals surface area contributed by atoms with Crippen molar-refractivity contribution in [2.45, 2.75) is 34.3 Å². The third kappa shape index (κ3) is 15.6. The molecular formula is C34H42O7S. The summed E-state index contributed by atoms with van der Waals surface area (Å²) in [5, 5.41) is 0. The summed E-state index contributed by atoms with van der Waals surface area (Å²) in [5.74, 6) is 0.198. The molecule has 0 aliphatic carbocycles. The van der Waals surface area contributed by atoms with Gasteiger partial charge in [-0.1, -0.05) is 119 Å². The fraction of sp³-hybridized carbons (Fsp3) is 0.235. The second-order valence-electron chi connectivity index (χ2n) is 7.99. The van der Waals surface area contributed by atoms with E-state index in [2.05, 4.69) is 0 Å². The highest BCUT2D eigenvalue weighted by atomic mass is 32.2. The SMILES string of the molecule is CC.CC.COCc1ccccc1.COc1cc(C(=O)c2ccccc2)cc(C(=O)c2ccccc2)c1.CS(=O)(=O)O. The van der Waals surface area contributed by atoms with Gasteiger partial charge in [0.2, 0.25) is 0 Å². The maximum absolute atomic E-state index is 12.7. The summed E-state index contributed by atoms with van der Waals surface area (Å²) in [6, 6.07) is 33.0. The molecule has 4 rings (SSSR count). The van der Waals surface area contributed by atoms with E-state index in [0.29, 0.717) is 40.9 Å². The molecule has 0 aromatic heterocycles. The van der Waals surface area contributed by atoms with Crippen molar-refractivity contribution in [2.75, 3.05) is 20.5 Å². The van der Waals surface area contributed by atoms with Crippen LogP contribution in [-0.4, -0.2) is 45.0 Å². The van der Waals surface area contributed by atoms with Gasteiger partial charge < -0.3 is 9.47 Å². The first-order chi connectivity index (χ1) is 20.1. The van der Waals surface area contributed by atoms with E-state index in [9.17, 15) is 18.0 Å². The largest absolute Gasteiger partial charge is 0.497 e. The van der Waals surface area contributed by atoms with Gasteiger partial charge in [0.15, 0.2) is 11.6 Å². The molecule has 42 heavy (non-hydrogen) atoms. The number of benzene rings is 4. The number of carbonyl (C=O) groups is 2. The monoisotopic (exact) mass is 594 g/mol. The van der Waals surface area contributed by atoms with Gasteiger partial charge in [0, 0.05) is 29.4 Å². The average Bonchev–Trinajstić information content (AvgIpc) is 3.03. The molecule has 0 saturated heterocycles. The highest BCUT2D eigenvalue weighted by Gasteiger charge is 2.16. The lowest BCUT2D eigenvalue weighted by Gasteiger charge is -2.08. The average molecular weight is 595 g/mol. The topological polar surface area (TPSA) is 107 Å². The summed E-state index contributed by atoms with van der Waals surface area (Å²) in [6.45, 7) is 8.71. The van der Waals surface area contributed by atoms with Crippen LogP contribution in [0.25, 0.3) is 0 Å². The summed E-state index contributed by atoms with van der Waals surface area (Å²) in [4.78, 5) is 25.3. The lowest BCUT2D eigenvalue weighted by Crippen LogP contribution is -2.06. The summed E-state index contributed by atoms with van der Waals surface area (Å²) in [6.07, 6.45) is 0.715. The first-order valence-corrected chi connectivity index (χ1v) is 15.3. The molecule has 0 amide bonds. The lowest BCUT2D eigenvalue weighted by molar-refractivity contribution is 0.103. The summed E-state index contributed by atoms with van der Waals surface area (Å²) in [5.41, 5.74) is 3.23. The molecule has 0 bridgehead atoms. The van der Waals surface area contributed by atoms with Crippen LogP contribution in [0.15, 0.2) is 109 Å². The molecule has 1 N–H and O–H groups in total. The number of hydrogen-bond donors (Lipinski definition) is 1. The maximum Gasteiger partial charge on any atom is 0.261 e. The van der Waals surface area contributed by atoms with Crippen molar-refractivity contribution in [3.8, 4) is 5.75 Å². The minimum Gasteiger partial charge on any atom is -0.497 e. The first kappa shape index (κ1) is 37.9. The van der Waals surface area contributed by atoms with E-state index in [1.54, 1.807) is 49.6 Å². The van der Waals surface area contributed by atoms with Gasteiger partial charge in [-0.05, 0) is 23.8 Å². The zero-order valence-electron chi connectivity index (χ0n) is 25.4. The Bertz CT molecular complexity index is 1330. The van der Waals surface area contributed by atoms with Crippen LogP contribution in [0, 0.1) is 0 Å². The Morgan fingerprint density at radius 3 is 1.26 bits per heavy atom. The Balaban J connectivity index is 0.000000769. The molecule has 0 atom stereocenters. The van der Waals surface area contributed by atoms with E-state index < -0.39 is 10.1 Å². The molecule has 0 spiro atoms. The summed E-state index contributed by atoms with van der Waals surface area (Å²) >= 11 is 0. The molecule has 7 nitrogen and oxygen atoms in total. The van der Waals surface area contributed by atoms with Gasteiger partial charge in [0.25, 0.3) is 10.1 Å². The Morgan fingerprint density at radius 2 is 0.952 bits per heavy atom. The van der Waals surface area contributed by atoms with Gasteiger partial charge in [-0.25, -0.2) is 0 Å². The van der Waals surface area contributed by atoms with Crippen LogP contribution < -0.4 is 4.74 Å². The number of ether oxygens (including phenoxy) is 2. The number of hydrogen-bond acceptors (Lipinski definition) is 6. The molecule has 0 heterocycles. The number of methoxy groups -OCH3 is 2. The Hall–Kier alpha value is -4.11. The predicted octanol–water partition coefficient (Wildman–Crippen LogP) is 7.55. The van der Waals surface area contributed by atoms with Gasteiger partial charge in [0.05, 0.1) is 20.0 Å². The standard InChI is InChI=1S/C21H16O3.C8H10O.2C2H6.CH4O3S/c1-24-19-13-17(20(22)15-8-4-2-5-9-15)12-18(14-19)21(23)16-10-6-3-7-11-16;1-9-7-8-5-3-2-4-6-8;2*1-2;1-5(2,3)4/h2-14H,1H3;2-6H,7H2,1H3;2*1-2H3;1H3,(H,2,3,4). The van der Waals surface area contributed by atoms with Crippen LogP contribution in [0.1, 0.15) is 65.1 Å². The molecule has 226 valence electrons. The van der Waals surface area contributed by atoms with Crippen LogP contribution in [0.2, 0.25) is 0 Å². The van der Waals surface area contributed by atoms with Crippen molar-refractivity contribution >= 4 is 21.7 Å². The number of ketones is 2. The first-order valence-electron chi connectivity index (χ1n) is 13.5. The Labute approximate surface area is 250 Å². The van der Waals surface area contributed by atoms with Gasteiger partial charge >= 0.3 is 0 Å². The van der Waals surface area contributed by atoms with Crippen molar-refractivity contribution in [1.29, 1.82) is 0 Å².